The third-order valence-electron chi connectivity index (χ3n) is 3.01. The SMILES string of the molecule is CN=C(NCCCNC(=O)OC(C)(C)C)NCC(=O)Nc1ccccc1. The van der Waals surface area contributed by atoms with Crippen molar-refractivity contribution in [3.8, 4) is 0 Å². The number of ether oxygens (including phenoxy) is 1. The molecule has 8 nitrogen and oxygen atoms in total. The van der Waals surface area contributed by atoms with Gasteiger partial charge in [-0.15, -0.1) is 0 Å². The van der Waals surface area contributed by atoms with Gasteiger partial charge in [0.15, 0.2) is 5.96 Å². The molecule has 0 radical (unpaired) electrons. The van der Waals surface area contributed by atoms with Crippen molar-refractivity contribution in [2.45, 2.75) is 32.8 Å². The predicted molar refractivity (Wildman–Crippen MR) is 103 cm³/mol. The molecule has 1 aromatic carbocycles. The lowest BCUT2D eigenvalue weighted by molar-refractivity contribution is -0.115. The first-order valence-electron chi connectivity index (χ1n) is 8.56. The molecule has 0 saturated heterocycles. The number of hydrogen-bond donors (Lipinski definition) is 4. The summed E-state index contributed by atoms with van der Waals surface area (Å²) in [6.45, 7) is 6.63. The number of benzene rings is 1. The quantitative estimate of drug-likeness (QED) is 0.335. The second-order valence-corrected chi connectivity index (χ2v) is 6.55. The summed E-state index contributed by atoms with van der Waals surface area (Å²) in [6.07, 6.45) is 0.258. The molecular weight excluding hydrogens is 334 g/mol. The van der Waals surface area contributed by atoms with Crippen molar-refractivity contribution in [3.05, 3.63) is 30.3 Å². The topological polar surface area (TPSA) is 104 Å². The summed E-state index contributed by atoms with van der Waals surface area (Å²) >= 11 is 0. The molecule has 144 valence electrons. The first-order valence-corrected chi connectivity index (χ1v) is 8.56. The minimum absolute atomic E-state index is 0.102. The van der Waals surface area contributed by atoms with Crippen molar-refractivity contribution in [3.63, 3.8) is 0 Å². The smallest absolute Gasteiger partial charge is 0.407 e. The molecule has 0 spiro atoms. The first kappa shape index (κ1) is 21.3. The summed E-state index contributed by atoms with van der Waals surface area (Å²) in [7, 11) is 1.63. The van der Waals surface area contributed by atoms with Crippen LogP contribution in [0.5, 0.6) is 0 Å². The van der Waals surface area contributed by atoms with Gasteiger partial charge in [-0.2, -0.15) is 0 Å². The van der Waals surface area contributed by atoms with Gasteiger partial charge >= 0.3 is 6.09 Å². The zero-order chi connectivity index (χ0) is 19.4. The van der Waals surface area contributed by atoms with E-state index in [2.05, 4.69) is 26.3 Å². The molecule has 0 bridgehead atoms. The molecular formula is C18H29N5O3. The fourth-order valence-electron chi connectivity index (χ4n) is 1.91. The van der Waals surface area contributed by atoms with Crippen LogP contribution >= 0.6 is 0 Å². The number of para-hydroxylation sites is 1. The Kier molecular flexibility index (Phi) is 8.97. The Bertz CT molecular complexity index is 597. The number of carbonyl (C=O) groups is 2. The van der Waals surface area contributed by atoms with E-state index in [4.69, 9.17) is 4.74 Å². The largest absolute Gasteiger partial charge is 0.444 e. The fourth-order valence-corrected chi connectivity index (χ4v) is 1.91. The molecule has 0 aromatic heterocycles. The number of amides is 2. The summed E-state index contributed by atoms with van der Waals surface area (Å²) in [5.41, 5.74) is 0.240. The van der Waals surface area contributed by atoms with Crippen molar-refractivity contribution in [2.24, 2.45) is 4.99 Å². The third kappa shape index (κ3) is 10.2. The van der Waals surface area contributed by atoms with Crippen LogP contribution < -0.4 is 21.3 Å². The predicted octanol–water partition coefficient (Wildman–Crippen LogP) is 1.70. The number of alkyl carbamates (subject to hydrolysis) is 1. The molecule has 0 aliphatic rings. The third-order valence-corrected chi connectivity index (χ3v) is 3.01. The minimum Gasteiger partial charge on any atom is -0.444 e. The molecule has 2 amide bonds. The van der Waals surface area contributed by atoms with Crippen molar-refractivity contribution in [1.29, 1.82) is 0 Å². The average molecular weight is 363 g/mol. The van der Waals surface area contributed by atoms with Crippen molar-refractivity contribution in [2.75, 3.05) is 32.0 Å². The molecule has 0 heterocycles. The Morgan fingerprint density at radius 1 is 1.04 bits per heavy atom. The minimum atomic E-state index is -0.505. The maximum absolute atomic E-state index is 11.9. The van der Waals surface area contributed by atoms with Gasteiger partial charge in [-0.25, -0.2) is 4.79 Å². The molecule has 0 aliphatic carbocycles. The van der Waals surface area contributed by atoms with Gasteiger partial charge in [0, 0.05) is 25.8 Å². The van der Waals surface area contributed by atoms with Crippen LogP contribution in [0.4, 0.5) is 10.5 Å². The summed E-state index contributed by atoms with van der Waals surface area (Å²) in [5, 5.41) is 11.5. The monoisotopic (exact) mass is 363 g/mol. The highest BCUT2D eigenvalue weighted by molar-refractivity contribution is 5.94. The average Bonchev–Trinajstić information content (AvgIpc) is 2.56. The highest BCUT2D eigenvalue weighted by Gasteiger charge is 2.15. The van der Waals surface area contributed by atoms with Crippen LogP contribution in [0.15, 0.2) is 35.3 Å². The fraction of sp³-hybridized carbons (Fsp3) is 0.500. The lowest BCUT2D eigenvalue weighted by Gasteiger charge is -2.19. The van der Waals surface area contributed by atoms with E-state index in [-0.39, 0.29) is 12.5 Å². The molecule has 0 atom stereocenters. The van der Waals surface area contributed by atoms with E-state index in [1.54, 1.807) is 7.05 Å². The molecule has 1 rings (SSSR count). The molecule has 26 heavy (non-hydrogen) atoms. The number of aliphatic imine (C=N–C) groups is 1. The van der Waals surface area contributed by atoms with E-state index >= 15 is 0 Å². The van der Waals surface area contributed by atoms with E-state index in [1.807, 2.05) is 51.1 Å². The number of nitrogens with one attached hydrogen (secondary N) is 4. The number of hydrogen-bond acceptors (Lipinski definition) is 4. The van der Waals surface area contributed by atoms with Gasteiger partial charge in [-0.1, -0.05) is 18.2 Å². The van der Waals surface area contributed by atoms with Crippen LogP contribution in [-0.2, 0) is 9.53 Å². The Hall–Kier alpha value is -2.77. The van der Waals surface area contributed by atoms with Gasteiger partial charge < -0.3 is 26.0 Å². The van der Waals surface area contributed by atoms with E-state index in [0.29, 0.717) is 25.5 Å². The zero-order valence-electron chi connectivity index (χ0n) is 15.9. The summed E-state index contributed by atoms with van der Waals surface area (Å²) < 4.78 is 5.15. The maximum Gasteiger partial charge on any atom is 0.407 e. The first-order chi connectivity index (χ1) is 12.3. The van der Waals surface area contributed by atoms with Gasteiger partial charge in [0.05, 0.1) is 6.54 Å². The Morgan fingerprint density at radius 3 is 2.31 bits per heavy atom. The summed E-state index contributed by atoms with van der Waals surface area (Å²) in [6, 6.07) is 9.24. The van der Waals surface area contributed by atoms with Crippen LogP contribution in [0, 0.1) is 0 Å². The highest BCUT2D eigenvalue weighted by Crippen LogP contribution is 2.06. The summed E-state index contributed by atoms with van der Waals surface area (Å²) in [4.78, 5) is 27.4. The Labute approximate surface area is 154 Å². The van der Waals surface area contributed by atoms with Crippen LogP contribution in [0.2, 0.25) is 0 Å². The number of anilines is 1. The van der Waals surface area contributed by atoms with Crippen molar-refractivity contribution < 1.29 is 14.3 Å². The van der Waals surface area contributed by atoms with Crippen LogP contribution in [-0.4, -0.2) is 50.2 Å². The van der Waals surface area contributed by atoms with E-state index < -0.39 is 11.7 Å². The lowest BCUT2D eigenvalue weighted by atomic mass is 10.2. The molecule has 0 fully saturated rings. The molecule has 0 aliphatic heterocycles. The molecule has 4 N–H and O–H groups in total. The summed E-state index contributed by atoms with van der Waals surface area (Å²) in [5.74, 6) is 0.358. The zero-order valence-corrected chi connectivity index (χ0v) is 15.9. The van der Waals surface area contributed by atoms with E-state index in [1.165, 1.54) is 0 Å². The number of nitrogens with zero attached hydrogens (tertiary/aromatic N) is 1. The normalized spacial score (nSPS) is 11.5. The molecule has 8 heteroatoms. The number of carbonyl (C=O) groups excluding carboxylic acids is 2. The Morgan fingerprint density at radius 2 is 1.69 bits per heavy atom. The maximum atomic E-state index is 11.9. The van der Waals surface area contributed by atoms with Gasteiger partial charge in [0.1, 0.15) is 5.60 Å². The highest BCUT2D eigenvalue weighted by atomic mass is 16.6. The van der Waals surface area contributed by atoms with Gasteiger partial charge in [0.25, 0.3) is 0 Å². The van der Waals surface area contributed by atoms with Crippen LogP contribution in [0.1, 0.15) is 27.2 Å². The molecule has 0 unspecified atom stereocenters. The standard InChI is InChI=1S/C18H29N5O3/c1-18(2,3)26-17(25)21-12-8-11-20-16(19-4)22-13-15(24)23-14-9-6-5-7-10-14/h5-7,9-10H,8,11-13H2,1-4H3,(H,21,25)(H,23,24)(H2,19,20,22). The number of guanidine groups is 1. The number of rotatable bonds is 7. The van der Waals surface area contributed by atoms with E-state index in [9.17, 15) is 9.59 Å². The van der Waals surface area contributed by atoms with E-state index in [0.717, 1.165) is 5.69 Å². The van der Waals surface area contributed by atoms with Crippen LogP contribution in [0.3, 0.4) is 0 Å². The molecule has 0 saturated carbocycles. The van der Waals surface area contributed by atoms with Crippen molar-refractivity contribution >= 4 is 23.6 Å². The lowest BCUT2D eigenvalue weighted by Crippen LogP contribution is -2.42. The van der Waals surface area contributed by atoms with Crippen molar-refractivity contribution in [1.82, 2.24) is 16.0 Å². The van der Waals surface area contributed by atoms with Gasteiger partial charge in [-0.05, 0) is 39.3 Å². The van der Waals surface area contributed by atoms with Crippen LogP contribution in [0.25, 0.3) is 0 Å². The second-order valence-electron chi connectivity index (χ2n) is 6.55. The second kappa shape index (κ2) is 11.0. The molecule has 1 aromatic rings. The van der Waals surface area contributed by atoms with Gasteiger partial charge in [-0.3, -0.25) is 9.79 Å². The Balaban J connectivity index is 2.17. The van der Waals surface area contributed by atoms with Gasteiger partial charge in [0.2, 0.25) is 5.91 Å².